The number of anilines is 1. The summed E-state index contributed by atoms with van der Waals surface area (Å²) in [7, 11) is 0. The number of piperazine rings is 1. The first kappa shape index (κ1) is 8.71. The van der Waals surface area contributed by atoms with Gasteiger partial charge in [0, 0.05) is 25.2 Å². The Bertz CT molecular complexity index is 433. The number of fused-ring (bicyclic) bond motifs is 3. The van der Waals surface area contributed by atoms with Crippen LogP contribution in [-0.4, -0.2) is 25.0 Å². The van der Waals surface area contributed by atoms with Crippen molar-refractivity contribution >= 4 is 11.6 Å². The Balaban J connectivity index is 2.04. The normalized spacial score (nSPS) is 23.4. The van der Waals surface area contributed by atoms with E-state index in [1.807, 2.05) is 0 Å². The number of rotatable bonds is 0. The van der Waals surface area contributed by atoms with Gasteiger partial charge < -0.3 is 10.2 Å². The first-order valence-corrected chi connectivity index (χ1v) is 5.08. The molecule has 3 nitrogen and oxygen atoms in total. The highest BCUT2D eigenvalue weighted by atomic mass is 19.1. The molecule has 0 aliphatic carbocycles. The van der Waals surface area contributed by atoms with E-state index in [0.717, 1.165) is 17.8 Å². The number of halogens is 1. The fourth-order valence-electron chi connectivity index (χ4n) is 2.41. The SMILES string of the molecule is O=C1NCCN2c3ccc(F)cc3CC12. The predicted molar refractivity (Wildman–Crippen MR) is 54.2 cm³/mol. The number of carbonyl (C=O) groups is 1. The third kappa shape index (κ3) is 1.21. The van der Waals surface area contributed by atoms with Gasteiger partial charge in [-0.15, -0.1) is 0 Å². The molecule has 1 N–H and O–H groups in total. The first-order chi connectivity index (χ1) is 7.25. The molecule has 0 radical (unpaired) electrons. The molecule has 1 fully saturated rings. The van der Waals surface area contributed by atoms with Crippen molar-refractivity contribution in [1.29, 1.82) is 0 Å². The number of benzene rings is 1. The number of nitrogens with one attached hydrogen (secondary N) is 1. The van der Waals surface area contributed by atoms with Gasteiger partial charge in [-0.25, -0.2) is 4.39 Å². The largest absolute Gasteiger partial charge is 0.357 e. The Hall–Kier alpha value is -1.58. The Labute approximate surface area is 86.9 Å². The topological polar surface area (TPSA) is 32.3 Å². The van der Waals surface area contributed by atoms with Gasteiger partial charge in [-0.05, 0) is 23.8 Å². The third-order valence-corrected chi connectivity index (χ3v) is 3.10. The summed E-state index contributed by atoms with van der Waals surface area (Å²) >= 11 is 0. The summed E-state index contributed by atoms with van der Waals surface area (Å²) in [6, 6.07) is 4.62. The minimum atomic E-state index is -0.228. The summed E-state index contributed by atoms with van der Waals surface area (Å²) in [5, 5.41) is 2.83. The second-order valence-corrected chi connectivity index (χ2v) is 3.98. The van der Waals surface area contributed by atoms with E-state index in [4.69, 9.17) is 0 Å². The highest BCUT2D eigenvalue weighted by molar-refractivity contribution is 5.89. The monoisotopic (exact) mass is 206 g/mol. The third-order valence-electron chi connectivity index (χ3n) is 3.10. The van der Waals surface area contributed by atoms with Crippen molar-refractivity contribution in [3.63, 3.8) is 0 Å². The second kappa shape index (κ2) is 2.95. The molecule has 1 atom stereocenters. The molecular weight excluding hydrogens is 195 g/mol. The lowest BCUT2D eigenvalue weighted by atomic mass is 10.1. The summed E-state index contributed by atoms with van der Waals surface area (Å²) in [5.41, 5.74) is 1.95. The van der Waals surface area contributed by atoms with Gasteiger partial charge in [0.05, 0.1) is 0 Å². The molecular formula is C11H11FN2O. The number of amides is 1. The van der Waals surface area contributed by atoms with Crippen LogP contribution in [0.3, 0.4) is 0 Å². The zero-order valence-electron chi connectivity index (χ0n) is 8.16. The van der Waals surface area contributed by atoms with Gasteiger partial charge in [-0.2, -0.15) is 0 Å². The van der Waals surface area contributed by atoms with Crippen LogP contribution in [0.1, 0.15) is 5.56 Å². The van der Waals surface area contributed by atoms with Crippen LogP contribution in [0.25, 0.3) is 0 Å². The Morgan fingerprint density at radius 2 is 2.33 bits per heavy atom. The lowest BCUT2D eigenvalue weighted by Crippen LogP contribution is -2.53. The van der Waals surface area contributed by atoms with Crippen molar-refractivity contribution in [2.45, 2.75) is 12.5 Å². The maximum absolute atomic E-state index is 13.0. The summed E-state index contributed by atoms with van der Waals surface area (Å²) in [6.45, 7) is 1.49. The van der Waals surface area contributed by atoms with E-state index in [1.165, 1.54) is 12.1 Å². The summed E-state index contributed by atoms with van der Waals surface area (Å²) < 4.78 is 13.0. The fraction of sp³-hybridized carbons (Fsp3) is 0.364. The molecule has 0 aromatic heterocycles. The summed E-state index contributed by atoms with van der Waals surface area (Å²) in [4.78, 5) is 13.6. The molecule has 0 bridgehead atoms. The lowest BCUT2D eigenvalue weighted by Gasteiger charge is -2.31. The zero-order valence-corrected chi connectivity index (χ0v) is 8.16. The van der Waals surface area contributed by atoms with Crippen LogP contribution in [0.4, 0.5) is 10.1 Å². The summed E-state index contributed by atoms with van der Waals surface area (Å²) in [6.07, 6.45) is 0.624. The molecule has 1 aromatic carbocycles. The van der Waals surface area contributed by atoms with Crippen LogP contribution in [0.15, 0.2) is 18.2 Å². The van der Waals surface area contributed by atoms with E-state index in [-0.39, 0.29) is 17.8 Å². The van der Waals surface area contributed by atoms with Gasteiger partial charge >= 0.3 is 0 Å². The Morgan fingerprint density at radius 3 is 3.20 bits per heavy atom. The molecule has 0 saturated carbocycles. The smallest absolute Gasteiger partial charge is 0.243 e. The Morgan fingerprint density at radius 1 is 1.47 bits per heavy atom. The van der Waals surface area contributed by atoms with Gasteiger partial charge in [-0.3, -0.25) is 4.79 Å². The van der Waals surface area contributed by atoms with Crippen molar-refractivity contribution < 1.29 is 9.18 Å². The van der Waals surface area contributed by atoms with Gasteiger partial charge in [0.25, 0.3) is 0 Å². The van der Waals surface area contributed by atoms with Crippen molar-refractivity contribution in [2.24, 2.45) is 0 Å². The molecule has 4 heteroatoms. The van der Waals surface area contributed by atoms with Crippen molar-refractivity contribution in [1.82, 2.24) is 5.32 Å². The van der Waals surface area contributed by atoms with E-state index >= 15 is 0 Å². The first-order valence-electron chi connectivity index (χ1n) is 5.08. The molecule has 1 aromatic rings. The van der Waals surface area contributed by atoms with Crippen LogP contribution in [-0.2, 0) is 11.2 Å². The van der Waals surface area contributed by atoms with Crippen molar-refractivity contribution in [3.05, 3.63) is 29.6 Å². The molecule has 2 aliphatic heterocycles. The molecule has 1 saturated heterocycles. The van der Waals surface area contributed by atoms with E-state index in [9.17, 15) is 9.18 Å². The minimum absolute atomic E-state index is 0.0536. The van der Waals surface area contributed by atoms with Crippen LogP contribution in [0.5, 0.6) is 0 Å². The lowest BCUT2D eigenvalue weighted by molar-refractivity contribution is -0.123. The van der Waals surface area contributed by atoms with Gasteiger partial charge in [0.1, 0.15) is 11.9 Å². The molecule has 3 rings (SSSR count). The van der Waals surface area contributed by atoms with Gasteiger partial charge in [0.2, 0.25) is 5.91 Å². The molecule has 2 aliphatic rings. The van der Waals surface area contributed by atoms with Gasteiger partial charge in [-0.1, -0.05) is 0 Å². The highest BCUT2D eigenvalue weighted by Crippen LogP contribution is 2.33. The van der Waals surface area contributed by atoms with E-state index in [2.05, 4.69) is 10.2 Å². The average Bonchev–Trinajstić information content (AvgIpc) is 2.57. The van der Waals surface area contributed by atoms with E-state index < -0.39 is 0 Å². The van der Waals surface area contributed by atoms with Crippen molar-refractivity contribution in [3.8, 4) is 0 Å². The van der Waals surface area contributed by atoms with Crippen molar-refractivity contribution in [2.75, 3.05) is 18.0 Å². The second-order valence-electron chi connectivity index (χ2n) is 3.98. The zero-order chi connectivity index (χ0) is 10.4. The molecule has 1 unspecified atom stereocenters. The number of nitrogens with zero attached hydrogens (tertiary/aromatic N) is 1. The standard InChI is InChI=1S/C11H11FN2O/c12-8-1-2-9-7(5-8)6-10-11(15)13-3-4-14(9)10/h1-2,5,10H,3-4,6H2,(H,13,15). The molecule has 2 heterocycles. The highest BCUT2D eigenvalue weighted by Gasteiger charge is 2.36. The van der Waals surface area contributed by atoms with Crippen LogP contribution >= 0.6 is 0 Å². The van der Waals surface area contributed by atoms with Crippen LogP contribution < -0.4 is 10.2 Å². The summed E-state index contributed by atoms with van der Waals surface area (Å²) in [5.74, 6) is -0.174. The minimum Gasteiger partial charge on any atom is -0.357 e. The maximum Gasteiger partial charge on any atom is 0.243 e. The fourth-order valence-corrected chi connectivity index (χ4v) is 2.41. The Kier molecular flexibility index (Phi) is 1.71. The maximum atomic E-state index is 13.0. The number of hydrogen-bond acceptors (Lipinski definition) is 2. The quantitative estimate of drug-likeness (QED) is 0.677. The van der Waals surface area contributed by atoms with Gasteiger partial charge in [0.15, 0.2) is 0 Å². The molecule has 78 valence electrons. The predicted octanol–water partition coefficient (Wildman–Crippen LogP) is 0.687. The number of hydrogen-bond donors (Lipinski definition) is 1. The molecule has 0 spiro atoms. The molecule has 15 heavy (non-hydrogen) atoms. The van der Waals surface area contributed by atoms with E-state index in [1.54, 1.807) is 6.07 Å². The average molecular weight is 206 g/mol. The number of carbonyl (C=O) groups excluding carboxylic acids is 1. The molecule has 1 amide bonds. The van der Waals surface area contributed by atoms with E-state index in [0.29, 0.717) is 13.0 Å². The van der Waals surface area contributed by atoms with Crippen LogP contribution in [0.2, 0.25) is 0 Å². The van der Waals surface area contributed by atoms with Crippen LogP contribution in [0, 0.1) is 5.82 Å².